The van der Waals surface area contributed by atoms with Gasteiger partial charge in [-0.15, -0.1) is 0 Å². The summed E-state index contributed by atoms with van der Waals surface area (Å²) in [6.45, 7) is 1.51. The van der Waals surface area contributed by atoms with Crippen molar-refractivity contribution in [1.82, 2.24) is 5.32 Å². The lowest BCUT2D eigenvalue weighted by molar-refractivity contribution is -0.105. The Morgan fingerprint density at radius 2 is 2.28 bits per heavy atom. The normalized spacial score (nSPS) is 19.9. The van der Waals surface area contributed by atoms with Crippen molar-refractivity contribution < 1.29 is 13.9 Å². The van der Waals surface area contributed by atoms with Gasteiger partial charge in [0, 0.05) is 23.4 Å². The lowest BCUT2D eigenvalue weighted by Crippen LogP contribution is -2.32. The maximum absolute atomic E-state index is 13.6. The molecule has 0 amide bonds. The molecule has 1 aromatic rings. The number of hydrogen-bond donors (Lipinski definition) is 2. The molecule has 1 aliphatic heterocycles. The summed E-state index contributed by atoms with van der Waals surface area (Å²) >= 11 is 0. The third-order valence-electron chi connectivity index (χ3n) is 2.88. The number of aldehydes is 1. The van der Waals surface area contributed by atoms with E-state index in [4.69, 9.17) is 10.5 Å². The van der Waals surface area contributed by atoms with Crippen LogP contribution in [0.25, 0.3) is 0 Å². The minimum atomic E-state index is -0.784. The SMILES string of the molecule is NC(/C(C=O)=C1/COCCN1)c1ccccc1F. The summed E-state index contributed by atoms with van der Waals surface area (Å²) in [5, 5.41) is 3.06. The Morgan fingerprint density at radius 1 is 1.50 bits per heavy atom. The third kappa shape index (κ3) is 2.57. The van der Waals surface area contributed by atoms with E-state index in [-0.39, 0.29) is 0 Å². The van der Waals surface area contributed by atoms with Crippen molar-refractivity contribution in [1.29, 1.82) is 0 Å². The van der Waals surface area contributed by atoms with E-state index in [2.05, 4.69) is 5.32 Å². The van der Waals surface area contributed by atoms with Gasteiger partial charge >= 0.3 is 0 Å². The second-order valence-corrected chi connectivity index (χ2v) is 4.03. The van der Waals surface area contributed by atoms with Crippen LogP contribution in [0, 0.1) is 5.82 Å². The van der Waals surface area contributed by atoms with Gasteiger partial charge in [-0.05, 0) is 6.07 Å². The highest BCUT2D eigenvalue weighted by Gasteiger charge is 2.20. The minimum Gasteiger partial charge on any atom is -0.384 e. The predicted octanol–water partition coefficient (Wildman–Crippen LogP) is 0.898. The van der Waals surface area contributed by atoms with E-state index in [0.717, 1.165) is 0 Å². The number of carbonyl (C=O) groups excluding carboxylic acids is 1. The van der Waals surface area contributed by atoms with Crippen LogP contribution in [0.5, 0.6) is 0 Å². The van der Waals surface area contributed by atoms with Gasteiger partial charge in [0.25, 0.3) is 0 Å². The number of benzene rings is 1. The first-order valence-corrected chi connectivity index (χ1v) is 5.74. The Labute approximate surface area is 105 Å². The van der Waals surface area contributed by atoms with Gasteiger partial charge in [-0.2, -0.15) is 0 Å². The van der Waals surface area contributed by atoms with Crippen LogP contribution in [-0.4, -0.2) is 26.0 Å². The van der Waals surface area contributed by atoms with Crippen molar-refractivity contribution in [3.63, 3.8) is 0 Å². The van der Waals surface area contributed by atoms with Crippen LogP contribution in [-0.2, 0) is 9.53 Å². The molecule has 0 aromatic heterocycles. The summed E-state index contributed by atoms with van der Waals surface area (Å²) < 4.78 is 18.9. The number of morpholine rings is 1. The highest BCUT2D eigenvalue weighted by atomic mass is 19.1. The molecule has 0 spiro atoms. The summed E-state index contributed by atoms with van der Waals surface area (Å²) in [7, 11) is 0. The van der Waals surface area contributed by atoms with Gasteiger partial charge in [0.15, 0.2) is 0 Å². The Bertz CT molecular complexity index is 466. The molecule has 1 aromatic carbocycles. The van der Waals surface area contributed by atoms with Gasteiger partial charge < -0.3 is 15.8 Å². The van der Waals surface area contributed by atoms with E-state index >= 15 is 0 Å². The van der Waals surface area contributed by atoms with Crippen LogP contribution in [0.1, 0.15) is 11.6 Å². The number of hydrogen-bond acceptors (Lipinski definition) is 4. The Hall–Kier alpha value is -1.72. The minimum absolute atomic E-state index is 0.302. The zero-order chi connectivity index (χ0) is 13.0. The highest BCUT2D eigenvalue weighted by molar-refractivity contribution is 5.77. The topological polar surface area (TPSA) is 64.4 Å². The molecular weight excluding hydrogens is 235 g/mol. The summed E-state index contributed by atoms with van der Waals surface area (Å²) in [6, 6.07) is 5.39. The summed E-state index contributed by atoms with van der Waals surface area (Å²) in [5.41, 5.74) is 7.23. The zero-order valence-electron chi connectivity index (χ0n) is 9.86. The van der Waals surface area contributed by atoms with Crippen molar-refractivity contribution in [2.24, 2.45) is 5.73 Å². The first kappa shape index (κ1) is 12.7. The van der Waals surface area contributed by atoms with Gasteiger partial charge in [-0.1, -0.05) is 18.2 Å². The fourth-order valence-corrected chi connectivity index (χ4v) is 1.91. The summed E-state index contributed by atoms with van der Waals surface area (Å²) in [6.07, 6.45) is 0.661. The number of nitrogens with two attached hydrogens (primary N) is 1. The average molecular weight is 250 g/mol. The molecule has 1 aliphatic rings. The van der Waals surface area contributed by atoms with Crippen molar-refractivity contribution >= 4 is 6.29 Å². The van der Waals surface area contributed by atoms with E-state index in [1.54, 1.807) is 18.2 Å². The molecule has 2 rings (SSSR count). The van der Waals surface area contributed by atoms with E-state index in [0.29, 0.717) is 42.9 Å². The van der Waals surface area contributed by atoms with E-state index in [1.165, 1.54) is 6.07 Å². The van der Waals surface area contributed by atoms with E-state index < -0.39 is 11.9 Å². The molecule has 1 heterocycles. The fourth-order valence-electron chi connectivity index (χ4n) is 1.91. The van der Waals surface area contributed by atoms with Gasteiger partial charge in [-0.25, -0.2) is 4.39 Å². The predicted molar refractivity (Wildman–Crippen MR) is 65.2 cm³/mol. The highest BCUT2D eigenvalue weighted by Crippen LogP contribution is 2.22. The maximum Gasteiger partial charge on any atom is 0.149 e. The molecule has 0 bridgehead atoms. The molecule has 3 N–H and O–H groups in total. The molecule has 1 fully saturated rings. The standard InChI is InChI=1S/C13H15FN2O2/c14-11-4-2-1-3-9(11)13(15)10(7-17)12-8-18-6-5-16-12/h1-4,7,13,16H,5-6,8,15H2/b12-10-. The molecule has 96 valence electrons. The molecule has 1 unspecified atom stereocenters. The Kier molecular flexibility index (Phi) is 4.07. The lowest BCUT2D eigenvalue weighted by Gasteiger charge is -2.22. The number of rotatable bonds is 3. The lowest BCUT2D eigenvalue weighted by atomic mass is 9.98. The van der Waals surface area contributed by atoms with Crippen LogP contribution in [0.2, 0.25) is 0 Å². The molecular formula is C13H15FN2O2. The monoisotopic (exact) mass is 250 g/mol. The second kappa shape index (κ2) is 5.75. The Morgan fingerprint density at radius 3 is 2.89 bits per heavy atom. The van der Waals surface area contributed by atoms with Gasteiger partial charge in [0.05, 0.1) is 19.3 Å². The molecule has 0 radical (unpaired) electrons. The summed E-state index contributed by atoms with van der Waals surface area (Å²) in [4.78, 5) is 11.2. The molecule has 1 atom stereocenters. The number of ether oxygens (including phenoxy) is 1. The van der Waals surface area contributed by atoms with Crippen molar-refractivity contribution in [3.05, 3.63) is 46.9 Å². The zero-order valence-corrected chi connectivity index (χ0v) is 9.86. The maximum atomic E-state index is 13.6. The van der Waals surface area contributed by atoms with E-state index in [9.17, 15) is 9.18 Å². The smallest absolute Gasteiger partial charge is 0.149 e. The van der Waals surface area contributed by atoms with Crippen LogP contribution in [0.15, 0.2) is 35.5 Å². The van der Waals surface area contributed by atoms with Gasteiger partial charge in [0.2, 0.25) is 0 Å². The number of halogens is 1. The molecule has 0 aliphatic carbocycles. The molecule has 1 saturated heterocycles. The average Bonchev–Trinajstić information content (AvgIpc) is 2.41. The van der Waals surface area contributed by atoms with Crippen LogP contribution in [0.3, 0.4) is 0 Å². The van der Waals surface area contributed by atoms with Crippen molar-refractivity contribution in [2.45, 2.75) is 6.04 Å². The first-order valence-electron chi connectivity index (χ1n) is 5.74. The molecule has 0 saturated carbocycles. The van der Waals surface area contributed by atoms with Crippen LogP contribution in [0.4, 0.5) is 4.39 Å². The van der Waals surface area contributed by atoms with Gasteiger partial charge in [-0.3, -0.25) is 4.79 Å². The summed E-state index contributed by atoms with van der Waals surface area (Å²) in [5.74, 6) is -0.415. The molecule has 18 heavy (non-hydrogen) atoms. The first-order chi connectivity index (χ1) is 8.74. The van der Waals surface area contributed by atoms with Crippen molar-refractivity contribution in [3.8, 4) is 0 Å². The molecule has 5 heteroatoms. The number of carbonyl (C=O) groups is 1. The van der Waals surface area contributed by atoms with E-state index in [1.807, 2.05) is 0 Å². The van der Waals surface area contributed by atoms with Crippen molar-refractivity contribution in [2.75, 3.05) is 19.8 Å². The fraction of sp³-hybridized carbons (Fsp3) is 0.308. The largest absolute Gasteiger partial charge is 0.384 e. The quantitative estimate of drug-likeness (QED) is 0.618. The van der Waals surface area contributed by atoms with Crippen LogP contribution < -0.4 is 11.1 Å². The third-order valence-corrected chi connectivity index (χ3v) is 2.88. The van der Waals surface area contributed by atoms with Crippen LogP contribution >= 0.6 is 0 Å². The Balaban J connectivity index is 2.33. The van der Waals surface area contributed by atoms with Gasteiger partial charge in [0.1, 0.15) is 12.1 Å². The molecule has 4 nitrogen and oxygen atoms in total. The number of nitrogens with one attached hydrogen (secondary N) is 1. The second-order valence-electron chi connectivity index (χ2n) is 4.03.